The number of fused-ring (bicyclic) bond motifs is 1. The molecule has 0 saturated carbocycles. The van der Waals surface area contributed by atoms with E-state index in [9.17, 15) is 9.59 Å². The summed E-state index contributed by atoms with van der Waals surface area (Å²) < 4.78 is 5.27. The van der Waals surface area contributed by atoms with Gasteiger partial charge in [0.05, 0.1) is 12.3 Å². The summed E-state index contributed by atoms with van der Waals surface area (Å²) in [4.78, 5) is 27.0. The normalized spacial score (nSPS) is 16.6. The van der Waals surface area contributed by atoms with Gasteiger partial charge in [0.1, 0.15) is 6.54 Å². The number of rotatable bonds is 2. The first-order chi connectivity index (χ1) is 12.6. The quantitative estimate of drug-likeness (QED) is 0.742. The number of hydrogen-bond acceptors (Lipinski definition) is 3. The van der Waals surface area contributed by atoms with Crippen LogP contribution in [0, 0.1) is 0 Å². The Hall–Kier alpha value is -3.05. The zero-order valence-electron chi connectivity index (χ0n) is 13.7. The Morgan fingerprint density at radius 3 is 2.65 bits per heavy atom. The van der Waals surface area contributed by atoms with E-state index in [0.717, 1.165) is 11.1 Å². The molecule has 2 amide bonds. The van der Waals surface area contributed by atoms with Gasteiger partial charge in [-0.3, -0.25) is 9.59 Å². The van der Waals surface area contributed by atoms with Crippen LogP contribution in [0.5, 0.6) is 0 Å². The van der Waals surface area contributed by atoms with Crippen molar-refractivity contribution in [1.29, 1.82) is 0 Å². The van der Waals surface area contributed by atoms with Crippen molar-refractivity contribution in [3.63, 3.8) is 0 Å². The smallest absolute Gasteiger partial charge is 0.290 e. The number of amides is 2. The molecular formula is C20H15ClN2O3. The van der Waals surface area contributed by atoms with E-state index in [1.54, 1.807) is 24.3 Å². The molecule has 1 atom stereocenters. The summed E-state index contributed by atoms with van der Waals surface area (Å²) in [5.74, 6) is -0.440. The van der Waals surface area contributed by atoms with Gasteiger partial charge in [0, 0.05) is 16.3 Å². The van der Waals surface area contributed by atoms with Crippen LogP contribution in [0.4, 0.5) is 5.69 Å². The fourth-order valence-corrected chi connectivity index (χ4v) is 3.38. The third-order valence-electron chi connectivity index (χ3n) is 4.32. The van der Waals surface area contributed by atoms with Gasteiger partial charge in [0.15, 0.2) is 5.76 Å². The first-order valence-electron chi connectivity index (χ1n) is 8.12. The van der Waals surface area contributed by atoms with Crippen LogP contribution in [-0.2, 0) is 4.79 Å². The van der Waals surface area contributed by atoms with Crippen molar-refractivity contribution in [3.8, 4) is 0 Å². The van der Waals surface area contributed by atoms with E-state index in [2.05, 4.69) is 5.32 Å². The monoisotopic (exact) mass is 366 g/mol. The summed E-state index contributed by atoms with van der Waals surface area (Å²) >= 11 is 6.10. The highest BCUT2D eigenvalue weighted by Crippen LogP contribution is 2.37. The first kappa shape index (κ1) is 16.4. The van der Waals surface area contributed by atoms with Gasteiger partial charge in [-0.05, 0) is 29.8 Å². The molecule has 2 aromatic carbocycles. The Morgan fingerprint density at radius 1 is 1.12 bits per heavy atom. The zero-order valence-corrected chi connectivity index (χ0v) is 14.4. The lowest BCUT2D eigenvalue weighted by atomic mass is 9.95. The number of hydrogen-bond donors (Lipinski definition) is 1. The lowest BCUT2D eigenvalue weighted by Gasteiger charge is -2.29. The second-order valence-corrected chi connectivity index (χ2v) is 6.44. The molecule has 1 aliphatic heterocycles. The van der Waals surface area contributed by atoms with Crippen LogP contribution in [-0.4, -0.2) is 23.3 Å². The van der Waals surface area contributed by atoms with Crippen molar-refractivity contribution in [2.75, 3.05) is 11.9 Å². The summed E-state index contributed by atoms with van der Waals surface area (Å²) in [7, 11) is 0. The van der Waals surface area contributed by atoms with Crippen LogP contribution >= 0.6 is 11.6 Å². The number of halogens is 1. The summed E-state index contributed by atoms with van der Waals surface area (Å²) in [5.41, 5.74) is 2.30. The molecule has 1 aromatic heterocycles. The molecule has 0 radical (unpaired) electrons. The second kappa shape index (κ2) is 6.69. The van der Waals surface area contributed by atoms with Crippen LogP contribution in [0.25, 0.3) is 0 Å². The van der Waals surface area contributed by atoms with Crippen LogP contribution < -0.4 is 5.32 Å². The molecule has 0 aliphatic carbocycles. The molecule has 0 bridgehead atoms. The van der Waals surface area contributed by atoms with Gasteiger partial charge >= 0.3 is 0 Å². The van der Waals surface area contributed by atoms with Crippen LogP contribution in [0.3, 0.4) is 0 Å². The maximum Gasteiger partial charge on any atom is 0.290 e. The number of nitrogens with zero attached hydrogens (tertiary/aromatic N) is 1. The van der Waals surface area contributed by atoms with E-state index in [1.165, 1.54) is 11.2 Å². The third kappa shape index (κ3) is 2.97. The minimum absolute atomic E-state index is 0.0919. The van der Waals surface area contributed by atoms with Crippen molar-refractivity contribution < 1.29 is 14.0 Å². The minimum atomic E-state index is -0.444. The zero-order chi connectivity index (χ0) is 18.1. The standard InChI is InChI=1S/C20H15ClN2O3/c21-14-8-9-15-16(11-14)22-18(24)12-23(20(25)17-7-4-10-26-17)19(15)13-5-2-1-3-6-13/h1-11,19H,12H2,(H,22,24)/t19-/m1/s1. The molecule has 1 N–H and O–H groups in total. The molecule has 6 heteroatoms. The topological polar surface area (TPSA) is 62.6 Å². The number of nitrogens with one attached hydrogen (secondary N) is 1. The molecular weight excluding hydrogens is 352 g/mol. The average molecular weight is 367 g/mol. The highest BCUT2D eigenvalue weighted by atomic mass is 35.5. The molecule has 2 heterocycles. The first-order valence-corrected chi connectivity index (χ1v) is 8.50. The molecule has 0 fully saturated rings. The second-order valence-electron chi connectivity index (χ2n) is 6.00. The number of furan rings is 1. The highest BCUT2D eigenvalue weighted by molar-refractivity contribution is 6.31. The van der Waals surface area contributed by atoms with Gasteiger partial charge in [-0.2, -0.15) is 0 Å². The SMILES string of the molecule is O=C1CN(C(=O)c2ccco2)[C@H](c2ccccc2)c2ccc(Cl)cc2N1. The van der Waals surface area contributed by atoms with Crippen LogP contribution in [0.2, 0.25) is 5.02 Å². The van der Waals surface area contributed by atoms with Crippen LogP contribution in [0.1, 0.15) is 27.7 Å². The van der Waals surface area contributed by atoms with Crippen LogP contribution in [0.15, 0.2) is 71.3 Å². The number of carbonyl (C=O) groups excluding carboxylic acids is 2. The lowest BCUT2D eigenvalue weighted by molar-refractivity contribution is -0.117. The van der Waals surface area contributed by atoms with E-state index >= 15 is 0 Å². The van der Waals surface area contributed by atoms with Crippen molar-refractivity contribution in [1.82, 2.24) is 4.90 Å². The largest absolute Gasteiger partial charge is 0.459 e. The van der Waals surface area contributed by atoms with Crippen molar-refractivity contribution in [2.24, 2.45) is 0 Å². The molecule has 0 spiro atoms. The highest BCUT2D eigenvalue weighted by Gasteiger charge is 2.34. The maximum absolute atomic E-state index is 13.0. The summed E-state index contributed by atoms with van der Waals surface area (Å²) in [6.07, 6.45) is 1.44. The van der Waals surface area contributed by atoms with Gasteiger partial charge in [-0.25, -0.2) is 0 Å². The molecule has 130 valence electrons. The Kier molecular flexibility index (Phi) is 4.22. The molecule has 0 saturated heterocycles. The molecule has 0 unspecified atom stereocenters. The van der Waals surface area contributed by atoms with E-state index in [-0.39, 0.29) is 24.1 Å². The minimum Gasteiger partial charge on any atom is -0.459 e. The number of benzene rings is 2. The number of anilines is 1. The fourth-order valence-electron chi connectivity index (χ4n) is 3.20. The van der Waals surface area contributed by atoms with Gasteiger partial charge in [0.2, 0.25) is 5.91 Å². The average Bonchev–Trinajstić information content (AvgIpc) is 3.13. The Labute approximate surface area is 155 Å². The predicted molar refractivity (Wildman–Crippen MR) is 98.1 cm³/mol. The van der Waals surface area contributed by atoms with Crippen molar-refractivity contribution >= 4 is 29.1 Å². The third-order valence-corrected chi connectivity index (χ3v) is 4.55. The van der Waals surface area contributed by atoms with Crippen molar-refractivity contribution in [3.05, 3.63) is 88.8 Å². The Morgan fingerprint density at radius 2 is 1.92 bits per heavy atom. The van der Waals surface area contributed by atoms with E-state index in [0.29, 0.717) is 10.7 Å². The summed E-state index contributed by atoms with van der Waals surface area (Å²) in [6, 6.07) is 17.7. The van der Waals surface area contributed by atoms with Gasteiger partial charge in [-0.15, -0.1) is 0 Å². The van der Waals surface area contributed by atoms with E-state index in [4.69, 9.17) is 16.0 Å². The Balaban J connectivity index is 1.89. The molecule has 4 rings (SSSR count). The molecule has 26 heavy (non-hydrogen) atoms. The van der Waals surface area contributed by atoms with Gasteiger partial charge < -0.3 is 14.6 Å². The number of carbonyl (C=O) groups is 2. The lowest BCUT2D eigenvalue weighted by Crippen LogP contribution is -2.38. The molecule has 3 aromatic rings. The predicted octanol–water partition coefficient (Wildman–Crippen LogP) is 4.12. The fraction of sp³-hybridized carbons (Fsp3) is 0.100. The van der Waals surface area contributed by atoms with E-state index in [1.807, 2.05) is 36.4 Å². The van der Waals surface area contributed by atoms with Gasteiger partial charge in [0.25, 0.3) is 5.91 Å². The molecule has 1 aliphatic rings. The summed E-state index contributed by atoms with van der Waals surface area (Å²) in [6.45, 7) is -0.0919. The van der Waals surface area contributed by atoms with Gasteiger partial charge in [-0.1, -0.05) is 48.0 Å². The van der Waals surface area contributed by atoms with Crippen molar-refractivity contribution in [2.45, 2.75) is 6.04 Å². The molecule has 5 nitrogen and oxygen atoms in total. The Bertz CT molecular complexity index is 954. The maximum atomic E-state index is 13.0. The van der Waals surface area contributed by atoms with E-state index < -0.39 is 6.04 Å². The summed E-state index contributed by atoms with van der Waals surface area (Å²) in [5, 5.41) is 3.36.